The first-order valence-corrected chi connectivity index (χ1v) is 8.51. The van der Waals surface area contributed by atoms with Crippen LogP contribution in [-0.4, -0.2) is 14.3 Å². The van der Waals surface area contributed by atoms with Gasteiger partial charge in [0.1, 0.15) is 0 Å². The molecular weight excluding hydrogens is 394 g/mol. The first kappa shape index (κ1) is 15.0. The summed E-state index contributed by atoms with van der Waals surface area (Å²) in [5, 5.41) is 11.0. The molecule has 0 bridgehead atoms. The molecule has 0 N–H and O–H groups in total. The van der Waals surface area contributed by atoms with Gasteiger partial charge in [0.15, 0.2) is 4.96 Å². The van der Waals surface area contributed by atoms with Crippen LogP contribution in [0, 0.1) is 10.1 Å². The van der Waals surface area contributed by atoms with Crippen molar-refractivity contribution in [1.82, 2.24) is 9.38 Å². The first-order chi connectivity index (χ1) is 11.5. The van der Waals surface area contributed by atoms with Crippen molar-refractivity contribution in [2.75, 3.05) is 0 Å². The summed E-state index contributed by atoms with van der Waals surface area (Å²) in [6.07, 6.45) is 1.65. The molecule has 118 valence electrons. The van der Waals surface area contributed by atoms with Crippen LogP contribution in [0.3, 0.4) is 0 Å². The molecule has 4 aromatic rings. The summed E-state index contributed by atoms with van der Waals surface area (Å²) in [6.45, 7) is 0. The van der Waals surface area contributed by atoms with Crippen LogP contribution in [-0.2, 0) is 0 Å². The van der Waals surface area contributed by atoms with Crippen molar-refractivity contribution >= 4 is 55.0 Å². The lowest BCUT2D eigenvalue weighted by Gasteiger charge is -1.96. The van der Waals surface area contributed by atoms with Gasteiger partial charge in [-0.3, -0.25) is 14.9 Å². The Morgan fingerprint density at radius 3 is 2.83 bits per heavy atom. The second kappa shape index (κ2) is 5.50. The lowest BCUT2D eigenvalue weighted by molar-refractivity contribution is -0.385. The van der Waals surface area contributed by atoms with Crippen LogP contribution in [0.5, 0.6) is 0 Å². The molecule has 0 aliphatic carbocycles. The van der Waals surface area contributed by atoms with E-state index in [2.05, 4.69) is 20.9 Å². The minimum absolute atomic E-state index is 0.0389. The topological polar surface area (TPSA) is 77.5 Å². The summed E-state index contributed by atoms with van der Waals surface area (Å²) in [6, 6.07) is 12.2. The van der Waals surface area contributed by atoms with Gasteiger partial charge in [-0.25, -0.2) is 9.38 Å². The molecule has 6 nitrogen and oxygen atoms in total. The number of nitro benzene ring substituents is 1. The molecule has 2 aromatic carbocycles. The quantitative estimate of drug-likeness (QED) is 0.381. The fourth-order valence-electron chi connectivity index (χ4n) is 2.52. The molecule has 8 heteroatoms. The molecule has 0 radical (unpaired) electrons. The number of halogens is 1. The first-order valence-electron chi connectivity index (χ1n) is 6.90. The predicted molar refractivity (Wildman–Crippen MR) is 96.4 cm³/mol. The zero-order valence-electron chi connectivity index (χ0n) is 12.0. The SMILES string of the molecule is O=c1/c(=C\c2ccc(Br)c([N+](=O)[O-])c2)sc2nc3ccccc3n12. The molecule has 4 rings (SSSR count). The Morgan fingerprint density at radius 2 is 2.04 bits per heavy atom. The van der Waals surface area contributed by atoms with E-state index in [0.29, 0.717) is 19.5 Å². The molecule has 2 aromatic heterocycles. The molecule has 0 unspecified atom stereocenters. The van der Waals surface area contributed by atoms with E-state index >= 15 is 0 Å². The maximum atomic E-state index is 12.7. The van der Waals surface area contributed by atoms with Gasteiger partial charge in [-0.05, 0) is 45.8 Å². The predicted octanol–water partition coefficient (Wildman–Crippen LogP) is 3.13. The lowest BCUT2D eigenvalue weighted by atomic mass is 10.2. The standard InChI is InChI=1S/C16H8BrN3O3S/c17-10-6-5-9(7-13(10)20(22)23)8-14-15(21)19-12-4-2-1-3-11(12)18-16(19)24-14/h1-8H/b14-8+. The number of rotatable bonds is 2. The van der Waals surface area contributed by atoms with Gasteiger partial charge in [-0.2, -0.15) is 0 Å². The van der Waals surface area contributed by atoms with Crippen molar-refractivity contribution in [3.63, 3.8) is 0 Å². The van der Waals surface area contributed by atoms with E-state index in [9.17, 15) is 14.9 Å². The highest BCUT2D eigenvalue weighted by molar-refractivity contribution is 9.10. The molecule has 2 heterocycles. The van der Waals surface area contributed by atoms with Crippen LogP contribution in [0.25, 0.3) is 22.1 Å². The highest BCUT2D eigenvalue weighted by atomic mass is 79.9. The molecular formula is C16H8BrN3O3S. The number of imidazole rings is 1. The molecule has 24 heavy (non-hydrogen) atoms. The van der Waals surface area contributed by atoms with E-state index < -0.39 is 4.92 Å². The minimum Gasteiger partial charge on any atom is -0.267 e. The van der Waals surface area contributed by atoms with Crippen molar-refractivity contribution in [1.29, 1.82) is 0 Å². The second-order valence-electron chi connectivity index (χ2n) is 5.10. The Kier molecular flexibility index (Phi) is 3.43. The number of benzene rings is 2. The molecule has 0 aliphatic rings. The normalized spacial score (nSPS) is 12.3. The third kappa shape index (κ3) is 2.31. The van der Waals surface area contributed by atoms with Gasteiger partial charge in [0.2, 0.25) is 0 Å². The monoisotopic (exact) mass is 401 g/mol. The highest BCUT2D eigenvalue weighted by Gasteiger charge is 2.13. The Bertz CT molecular complexity index is 1230. The fraction of sp³-hybridized carbons (Fsp3) is 0. The number of aromatic nitrogens is 2. The number of nitro groups is 1. The Balaban J connectivity index is 1.95. The van der Waals surface area contributed by atoms with Crippen LogP contribution >= 0.6 is 27.3 Å². The van der Waals surface area contributed by atoms with Gasteiger partial charge in [0, 0.05) is 6.07 Å². The van der Waals surface area contributed by atoms with E-state index in [1.807, 2.05) is 24.3 Å². The average molecular weight is 402 g/mol. The minimum atomic E-state index is -0.464. The average Bonchev–Trinajstić information content (AvgIpc) is 3.06. The molecule has 0 amide bonds. The van der Waals surface area contributed by atoms with Crippen LogP contribution < -0.4 is 10.1 Å². The second-order valence-corrected chi connectivity index (χ2v) is 6.97. The van der Waals surface area contributed by atoms with Gasteiger partial charge >= 0.3 is 0 Å². The Hall–Kier alpha value is -2.58. The number of thiazole rings is 1. The van der Waals surface area contributed by atoms with Crippen LogP contribution in [0.4, 0.5) is 5.69 Å². The van der Waals surface area contributed by atoms with E-state index in [4.69, 9.17) is 0 Å². The van der Waals surface area contributed by atoms with Gasteiger partial charge in [-0.1, -0.05) is 29.5 Å². The number of hydrogen-bond donors (Lipinski definition) is 0. The van der Waals surface area contributed by atoms with E-state index in [1.54, 1.807) is 22.6 Å². The van der Waals surface area contributed by atoms with Crippen LogP contribution in [0.15, 0.2) is 51.7 Å². The summed E-state index contributed by atoms with van der Waals surface area (Å²) in [4.78, 5) is 28.3. The van der Waals surface area contributed by atoms with Crippen molar-refractivity contribution in [2.45, 2.75) is 0 Å². The van der Waals surface area contributed by atoms with Crippen LogP contribution in [0.2, 0.25) is 0 Å². The van der Waals surface area contributed by atoms with E-state index in [1.165, 1.54) is 17.4 Å². The summed E-state index contributed by atoms with van der Waals surface area (Å²) < 4.78 is 2.46. The number of nitrogens with zero attached hydrogens (tertiary/aromatic N) is 3. The third-order valence-electron chi connectivity index (χ3n) is 3.61. The number of hydrogen-bond acceptors (Lipinski definition) is 5. The zero-order chi connectivity index (χ0) is 16.8. The lowest BCUT2D eigenvalue weighted by Crippen LogP contribution is -2.22. The fourth-order valence-corrected chi connectivity index (χ4v) is 3.90. The maximum absolute atomic E-state index is 12.7. The summed E-state index contributed by atoms with van der Waals surface area (Å²) in [5.41, 5.74) is 1.91. The molecule has 0 spiro atoms. The highest BCUT2D eigenvalue weighted by Crippen LogP contribution is 2.26. The molecule has 0 saturated carbocycles. The molecule has 0 saturated heterocycles. The summed E-state index contributed by atoms with van der Waals surface area (Å²) >= 11 is 4.42. The molecule has 0 fully saturated rings. The van der Waals surface area contributed by atoms with Gasteiger partial charge < -0.3 is 0 Å². The summed E-state index contributed by atoms with van der Waals surface area (Å²) in [5.74, 6) is 0. The summed E-state index contributed by atoms with van der Waals surface area (Å²) in [7, 11) is 0. The Morgan fingerprint density at radius 1 is 1.25 bits per heavy atom. The third-order valence-corrected chi connectivity index (χ3v) is 5.25. The number of para-hydroxylation sites is 2. The van der Waals surface area contributed by atoms with E-state index in [-0.39, 0.29) is 11.2 Å². The van der Waals surface area contributed by atoms with Gasteiger partial charge in [0.05, 0.1) is 25.0 Å². The van der Waals surface area contributed by atoms with Gasteiger partial charge in [0.25, 0.3) is 11.2 Å². The van der Waals surface area contributed by atoms with Crippen LogP contribution in [0.1, 0.15) is 5.56 Å². The Labute approximate surface area is 147 Å². The van der Waals surface area contributed by atoms with Gasteiger partial charge in [-0.15, -0.1) is 0 Å². The van der Waals surface area contributed by atoms with Crippen molar-refractivity contribution in [3.8, 4) is 0 Å². The number of fused-ring (bicyclic) bond motifs is 3. The largest absolute Gasteiger partial charge is 0.284 e. The smallest absolute Gasteiger partial charge is 0.267 e. The van der Waals surface area contributed by atoms with Crippen molar-refractivity contribution in [2.24, 2.45) is 0 Å². The van der Waals surface area contributed by atoms with E-state index in [0.717, 1.165) is 11.0 Å². The zero-order valence-corrected chi connectivity index (χ0v) is 14.4. The van der Waals surface area contributed by atoms with Crippen molar-refractivity contribution < 1.29 is 4.92 Å². The van der Waals surface area contributed by atoms with Crippen molar-refractivity contribution in [3.05, 3.63) is 77.5 Å². The maximum Gasteiger partial charge on any atom is 0.284 e. The molecule has 0 atom stereocenters. The molecule has 0 aliphatic heterocycles.